The number of ether oxygens (including phenoxy) is 1. The van der Waals surface area contributed by atoms with E-state index in [-0.39, 0.29) is 12.7 Å². The van der Waals surface area contributed by atoms with E-state index in [0.29, 0.717) is 19.8 Å². The lowest BCUT2D eigenvalue weighted by atomic mass is 10.2. The van der Waals surface area contributed by atoms with E-state index in [1.807, 2.05) is 42.2 Å². The molecule has 1 aromatic rings. The Labute approximate surface area is 124 Å². The van der Waals surface area contributed by atoms with Crippen LogP contribution in [0.25, 0.3) is 0 Å². The van der Waals surface area contributed by atoms with Crippen LogP contribution in [0.4, 0.5) is 4.79 Å². The van der Waals surface area contributed by atoms with Crippen molar-refractivity contribution in [2.24, 2.45) is 5.73 Å². The highest BCUT2D eigenvalue weighted by molar-refractivity contribution is 5.67. The fourth-order valence-corrected chi connectivity index (χ4v) is 2.18. The number of hydrogen-bond donors (Lipinski definition) is 2. The summed E-state index contributed by atoms with van der Waals surface area (Å²) in [6.45, 7) is 3.02. The van der Waals surface area contributed by atoms with Gasteiger partial charge in [0, 0.05) is 24.4 Å². The molecule has 0 aromatic heterocycles. The maximum atomic E-state index is 11.1. The van der Waals surface area contributed by atoms with Crippen LogP contribution >= 0.6 is 0 Å². The zero-order valence-corrected chi connectivity index (χ0v) is 12.1. The van der Waals surface area contributed by atoms with Crippen LogP contribution in [-0.4, -0.2) is 40.4 Å². The molecule has 0 spiro atoms. The Morgan fingerprint density at radius 3 is 2.76 bits per heavy atom. The maximum Gasteiger partial charge on any atom is 0.412 e. The molecule has 0 saturated heterocycles. The van der Waals surface area contributed by atoms with Gasteiger partial charge < -0.3 is 20.5 Å². The zero-order valence-electron chi connectivity index (χ0n) is 12.1. The van der Waals surface area contributed by atoms with E-state index in [9.17, 15) is 4.79 Å². The molecule has 1 aliphatic rings. The van der Waals surface area contributed by atoms with Gasteiger partial charge in [-0.15, -0.1) is 0 Å². The number of hydrogen-bond acceptors (Lipinski definition) is 4. The number of nitrogens with zero attached hydrogens (tertiary/aromatic N) is 2. The van der Waals surface area contributed by atoms with E-state index < -0.39 is 6.09 Å². The summed E-state index contributed by atoms with van der Waals surface area (Å²) in [5, 5.41) is 9.07. The van der Waals surface area contributed by atoms with Crippen molar-refractivity contribution in [1.82, 2.24) is 9.80 Å². The SMILES string of the molecule is C[C@@H](N)CC1=CN(C(=O)O)CN1COCc1ccccc1. The minimum Gasteiger partial charge on any atom is -0.465 e. The van der Waals surface area contributed by atoms with E-state index in [1.54, 1.807) is 6.20 Å². The first-order chi connectivity index (χ1) is 10.1. The van der Waals surface area contributed by atoms with Crippen molar-refractivity contribution in [1.29, 1.82) is 0 Å². The number of nitrogens with two attached hydrogens (primary N) is 1. The standard InChI is InChI=1S/C15H21N3O3/c1-12(16)7-14-8-17(15(19)20)10-18(14)11-21-9-13-5-3-2-4-6-13/h2-6,8,12H,7,9-11,16H2,1H3,(H,19,20)/t12-/m1/s1. The second kappa shape index (κ2) is 7.10. The van der Waals surface area contributed by atoms with Crippen LogP contribution in [0.15, 0.2) is 42.2 Å². The Morgan fingerprint density at radius 1 is 1.43 bits per heavy atom. The summed E-state index contributed by atoms with van der Waals surface area (Å²) in [6.07, 6.45) is 1.28. The molecule has 0 unspecified atom stereocenters. The maximum absolute atomic E-state index is 11.1. The van der Waals surface area contributed by atoms with Crippen molar-refractivity contribution < 1.29 is 14.6 Å². The summed E-state index contributed by atoms with van der Waals surface area (Å²) in [5.74, 6) is 0. The molecule has 1 amide bonds. The molecular formula is C15H21N3O3. The first kappa shape index (κ1) is 15.3. The number of amides is 1. The molecule has 1 heterocycles. The number of carbonyl (C=O) groups is 1. The van der Waals surface area contributed by atoms with E-state index in [4.69, 9.17) is 15.6 Å². The van der Waals surface area contributed by atoms with Gasteiger partial charge in [-0.3, -0.25) is 4.90 Å². The van der Waals surface area contributed by atoms with Crippen molar-refractivity contribution in [2.45, 2.75) is 26.0 Å². The quantitative estimate of drug-likeness (QED) is 0.838. The van der Waals surface area contributed by atoms with Gasteiger partial charge in [-0.05, 0) is 12.5 Å². The highest BCUT2D eigenvalue weighted by Crippen LogP contribution is 2.20. The predicted octanol–water partition coefficient (Wildman–Crippen LogP) is 1.99. The smallest absolute Gasteiger partial charge is 0.412 e. The average Bonchev–Trinajstić information content (AvgIpc) is 2.83. The molecule has 0 aliphatic carbocycles. The predicted molar refractivity (Wildman–Crippen MR) is 79.0 cm³/mol. The topological polar surface area (TPSA) is 79.0 Å². The van der Waals surface area contributed by atoms with Crippen LogP contribution in [-0.2, 0) is 11.3 Å². The summed E-state index contributed by atoms with van der Waals surface area (Å²) in [7, 11) is 0. The molecule has 2 rings (SSSR count). The molecular weight excluding hydrogens is 270 g/mol. The third kappa shape index (κ3) is 4.47. The Morgan fingerprint density at radius 2 is 2.14 bits per heavy atom. The summed E-state index contributed by atoms with van der Waals surface area (Å²) in [6, 6.07) is 9.84. The molecule has 3 N–H and O–H groups in total. The molecule has 114 valence electrons. The molecule has 0 fully saturated rings. The summed E-state index contributed by atoms with van der Waals surface area (Å²) >= 11 is 0. The van der Waals surface area contributed by atoms with Crippen LogP contribution in [0.1, 0.15) is 18.9 Å². The third-order valence-corrected chi connectivity index (χ3v) is 3.17. The number of benzene rings is 1. The highest BCUT2D eigenvalue weighted by atomic mass is 16.5. The van der Waals surface area contributed by atoms with Crippen molar-refractivity contribution >= 4 is 6.09 Å². The minimum absolute atomic E-state index is 0.0263. The van der Waals surface area contributed by atoms with Gasteiger partial charge >= 0.3 is 6.09 Å². The van der Waals surface area contributed by atoms with E-state index in [0.717, 1.165) is 11.3 Å². The molecule has 1 atom stereocenters. The van der Waals surface area contributed by atoms with Crippen LogP contribution in [0, 0.1) is 0 Å². The van der Waals surface area contributed by atoms with Gasteiger partial charge in [0.25, 0.3) is 0 Å². The average molecular weight is 291 g/mol. The lowest BCUT2D eigenvalue weighted by molar-refractivity contribution is 0.0276. The normalized spacial score (nSPS) is 16.0. The molecule has 1 aromatic carbocycles. The van der Waals surface area contributed by atoms with Gasteiger partial charge in [0.2, 0.25) is 0 Å². The van der Waals surface area contributed by atoms with Crippen LogP contribution in [0.3, 0.4) is 0 Å². The van der Waals surface area contributed by atoms with Crippen LogP contribution < -0.4 is 5.73 Å². The van der Waals surface area contributed by atoms with Gasteiger partial charge in [0.15, 0.2) is 0 Å². The van der Waals surface area contributed by atoms with Gasteiger partial charge in [-0.1, -0.05) is 30.3 Å². The summed E-state index contributed by atoms with van der Waals surface area (Å²) < 4.78 is 5.67. The van der Waals surface area contributed by atoms with E-state index in [1.165, 1.54) is 4.90 Å². The largest absolute Gasteiger partial charge is 0.465 e. The van der Waals surface area contributed by atoms with Crippen LogP contribution in [0.5, 0.6) is 0 Å². The van der Waals surface area contributed by atoms with Crippen molar-refractivity contribution in [3.8, 4) is 0 Å². The first-order valence-electron chi connectivity index (χ1n) is 6.88. The Bertz CT molecular complexity index is 502. The van der Waals surface area contributed by atoms with Gasteiger partial charge in [0.05, 0.1) is 6.61 Å². The van der Waals surface area contributed by atoms with Crippen molar-refractivity contribution in [3.63, 3.8) is 0 Å². The molecule has 0 bridgehead atoms. The zero-order chi connectivity index (χ0) is 15.2. The molecule has 1 aliphatic heterocycles. The Hall–Kier alpha value is -2.05. The number of carboxylic acid groups (broad SMARTS) is 1. The lowest BCUT2D eigenvalue weighted by Crippen LogP contribution is -2.32. The Kier molecular flexibility index (Phi) is 5.19. The minimum atomic E-state index is -0.970. The second-order valence-electron chi connectivity index (χ2n) is 5.20. The van der Waals surface area contributed by atoms with Gasteiger partial charge in [0.1, 0.15) is 13.4 Å². The fourth-order valence-electron chi connectivity index (χ4n) is 2.18. The summed E-state index contributed by atoms with van der Waals surface area (Å²) in [4.78, 5) is 14.2. The van der Waals surface area contributed by atoms with Crippen LogP contribution in [0.2, 0.25) is 0 Å². The van der Waals surface area contributed by atoms with E-state index >= 15 is 0 Å². The monoisotopic (exact) mass is 291 g/mol. The third-order valence-electron chi connectivity index (χ3n) is 3.17. The second-order valence-corrected chi connectivity index (χ2v) is 5.20. The first-order valence-corrected chi connectivity index (χ1v) is 6.88. The van der Waals surface area contributed by atoms with Gasteiger partial charge in [-0.2, -0.15) is 0 Å². The molecule has 21 heavy (non-hydrogen) atoms. The molecule has 0 radical (unpaired) electrons. The van der Waals surface area contributed by atoms with Crippen molar-refractivity contribution in [2.75, 3.05) is 13.4 Å². The lowest BCUT2D eigenvalue weighted by Gasteiger charge is -2.23. The fraction of sp³-hybridized carbons (Fsp3) is 0.400. The Balaban J connectivity index is 1.89. The van der Waals surface area contributed by atoms with Gasteiger partial charge in [-0.25, -0.2) is 4.79 Å². The molecule has 6 nitrogen and oxygen atoms in total. The highest BCUT2D eigenvalue weighted by Gasteiger charge is 2.25. The van der Waals surface area contributed by atoms with Crippen molar-refractivity contribution in [3.05, 3.63) is 47.8 Å². The summed E-state index contributed by atoms with van der Waals surface area (Å²) in [5.41, 5.74) is 7.78. The number of rotatable bonds is 6. The van der Waals surface area contributed by atoms with E-state index in [2.05, 4.69) is 0 Å². The molecule has 0 saturated carbocycles. The molecule has 6 heteroatoms.